The van der Waals surface area contributed by atoms with Gasteiger partial charge in [-0.3, -0.25) is 14.4 Å². The number of carbonyl (C=O) groups excluding carboxylic acids is 3. The molecule has 4 nitrogen and oxygen atoms in total. The van der Waals surface area contributed by atoms with Crippen molar-refractivity contribution in [3.63, 3.8) is 0 Å². The Morgan fingerprint density at radius 3 is 1.68 bits per heavy atom. The van der Waals surface area contributed by atoms with Crippen molar-refractivity contribution in [3.05, 3.63) is 119 Å². The van der Waals surface area contributed by atoms with E-state index in [1.807, 2.05) is 36.4 Å². The number of nitrogens with zero attached hydrogens (tertiary/aromatic N) is 1. The third kappa shape index (κ3) is 2.95. The second-order valence-corrected chi connectivity index (χ2v) is 9.17. The minimum Gasteiger partial charge on any atom is -0.295 e. The SMILES string of the molecule is CC(=O)c1cccc(N2C(=O)[C@H]3[C@H](C2=O)[C@H]2C=C[C@H]3C2=C(c2ccccc2)c2ccccc2)c1. The zero-order valence-corrected chi connectivity index (χ0v) is 18.7. The molecule has 1 aliphatic heterocycles. The number of amides is 2. The van der Waals surface area contributed by atoms with Gasteiger partial charge in [-0.25, -0.2) is 4.90 Å². The first-order valence-corrected chi connectivity index (χ1v) is 11.6. The van der Waals surface area contributed by atoms with Gasteiger partial charge in [-0.2, -0.15) is 0 Å². The number of benzene rings is 3. The van der Waals surface area contributed by atoms with Crippen LogP contribution in [0.5, 0.6) is 0 Å². The average molecular weight is 446 g/mol. The molecule has 1 heterocycles. The summed E-state index contributed by atoms with van der Waals surface area (Å²) >= 11 is 0. The van der Waals surface area contributed by atoms with Gasteiger partial charge in [0, 0.05) is 17.4 Å². The molecule has 166 valence electrons. The zero-order valence-electron chi connectivity index (χ0n) is 18.7. The normalized spacial score (nSPS) is 24.6. The summed E-state index contributed by atoms with van der Waals surface area (Å²) < 4.78 is 0. The molecule has 6 rings (SSSR count). The van der Waals surface area contributed by atoms with Gasteiger partial charge in [-0.15, -0.1) is 0 Å². The van der Waals surface area contributed by atoms with E-state index in [2.05, 4.69) is 36.4 Å². The first-order valence-electron chi connectivity index (χ1n) is 11.6. The van der Waals surface area contributed by atoms with Gasteiger partial charge in [0.15, 0.2) is 5.78 Å². The molecule has 2 fully saturated rings. The van der Waals surface area contributed by atoms with Crippen LogP contribution < -0.4 is 4.90 Å². The highest BCUT2D eigenvalue weighted by Crippen LogP contribution is 2.58. The third-order valence-corrected chi connectivity index (χ3v) is 7.34. The van der Waals surface area contributed by atoms with Crippen LogP contribution in [-0.4, -0.2) is 17.6 Å². The molecule has 0 N–H and O–H groups in total. The highest BCUT2D eigenvalue weighted by Gasteiger charge is 2.62. The minimum absolute atomic E-state index is 0.0940. The summed E-state index contributed by atoms with van der Waals surface area (Å²) in [7, 11) is 0. The van der Waals surface area contributed by atoms with Gasteiger partial charge >= 0.3 is 0 Å². The molecular formula is C30H23NO3. The Hall–Kier alpha value is -4.05. The van der Waals surface area contributed by atoms with E-state index in [1.165, 1.54) is 11.8 Å². The monoisotopic (exact) mass is 445 g/mol. The lowest BCUT2D eigenvalue weighted by Gasteiger charge is -2.22. The van der Waals surface area contributed by atoms with E-state index < -0.39 is 11.8 Å². The predicted molar refractivity (Wildman–Crippen MR) is 131 cm³/mol. The fraction of sp³-hybridized carbons (Fsp3) is 0.167. The fourth-order valence-corrected chi connectivity index (χ4v) is 5.92. The molecule has 0 unspecified atom stereocenters. The molecule has 3 aromatic rings. The van der Waals surface area contributed by atoms with Crippen molar-refractivity contribution in [1.82, 2.24) is 0 Å². The summed E-state index contributed by atoms with van der Waals surface area (Å²) in [5.74, 6) is -1.52. The van der Waals surface area contributed by atoms with E-state index in [-0.39, 0.29) is 29.4 Å². The maximum Gasteiger partial charge on any atom is 0.238 e. The van der Waals surface area contributed by atoms with Gasteiger partial charge < -0.3 is 0 Å². The highest BCUT2D eigenvalue weighted by atomic mass is 16.2. The molecule has 4 atom stereocenters. The summed E-state index contributed by atoms with van der Waals surface area (Å²) in [6.45, 7) is 1.48. The molecule has 4 heteroatoms. The predicted octanol–water partition coefficient (Wildman–Crippen LogP) is 5.31. The van der Waals surface area contributed by atoms with Crippen molar-refractivity contribution < 1.29 is 14.4 Å². The molecule has 0 radical (unpaired) electrons. The first kappa shape index (κ1) is 20.5. The van der Waals surface area contributed by atoms with Crippen molar-refractivity contribution >= 4 is 28.9 Å². The molecule has 1 saturated carbocycles. The highest BCUT2D eigenvalue weighted by molar-refractivity contribution is 6.23. The van der Waals surface area contributed by atoms with Crippen LogP contribution in [0.4, 0.5) is 5.69 Å². The van der Waals surface area contributed by atoms with Crippen LogP contribution in [0.15, 0.2) is 103 Å². The molecule has 2 amide bonds. The quantitative estimate of drug-likeness (QED) is 0.311. The Kier molecular flexibility index (Phi) is 4.70. The number of rotatable bonds is 4. The smallest absolute Gasteiger partial charge is 0.238 e. The molecule has 0 aromatic heterocycles. The van der Waals surface area contributed by atoms with Crippen LogP contribution in [-0.2, 0) is 9.59 Å². The number of hydrogen-bond donors (Lipinski definition) is 0. The van der Waals surface area contributed by atoms with Crippen molar-refractivity contribution in [3.8, 4) is 0 Å². The van der Waals surface area contributed by atoms with Crippen molar-refractivity contribution in [2.24, 2.45) is 23.7 Å². The minimum atomic E-state index is -0.416. The lowest BCUT2D eigenvalue weighted by atomic mass is 9.85. The molecule has 3 aliphatic rings. The van der Waals surface area contributed by atoms with Crippen LogP contribution in [0.25, 0.3) is 5.57 Å². The Bertz CT molecular complexity index is 1310. The summed E-state index contributed by atoms with van der Waals surface area (Å²) in [6, 6.07) is 27.2. The maximum absolute atomic E-state index is 13.7. The van der Waals surface area contributed by atoms with E-state index >= 15 is 0 Å². The second kappa shape index (κ2) is 7.77. The molecule has 2 bridgehead atoms. The van der Waals surface area contributed by atoms with Crippen LogP contribution in [0.2, 0.25) is 0 Å². The summed E-state index contributed by atoms with van der Waals surface area (Å²) in [5.41, 5.74) is 5.43. The Balaban J connectivity index is 1.47. The van der Waals surface area contributed by atoms with E-state index in [1.54, 1.807) is 24.3 Å². The first-order chi connectivity index (χ1) is 16.6. The lowest BCUT2D eigenvalue weighted by Crippen LogP contribution is -2.33. The van der Waals surface area contributed by atoms with Crippen LogP contribution in [0.1, 0.15) is 28.4 Å². The van der Waals surface area contributed by atoms with Crippen LogP contribution in [0.3, 0.4) is 0 Å². The van der Waals surface area contributed by atoms with Gasteiger partial charge in [0.1, 0.15) is 0 Å². The van der Waals surface area contributed by atoms with E-state index in [0.717, 1.165) is 22.3 Å². The van der Waals surface area contributed by atoms with Crippen LogP contribution in [0, 0.1) is 23.7 Å². The summed E-state index contributed by atoms with van der Waals surface area (Å²) in [6.07, 6.45) is 4.21. The molecular weight excluding hydrogens is 422 g/mol. The molecule has 34 heavy (non-hydrogen) atoms. The Morgan fingerprint density at radius 1 is 0.676 bits per heavy atom. The van der Waals surface area contributed by atoms with Crippen molar-refractivity contribution in [2.45, 2.75) is 6.92 Å². The van der Waals surface area contributed by atoms with Gasteiger partial charge in [0.2, 0.25) is 11.8 Å². The van der Waals surface area contributed by atoms with Gasteiger partial charge in [-0.1, -0.05) is 84.9 Å². The topological polar surface area (TPSA) is 54.5 Å². The lowest BCUT2D eigenvalue weighted by molar-refractivity contribution is -0.122. The van der Waals surface area contributed by atoms with Crippen LogP contribution >= 0.6 is 0 Å². The molecule has 3 aromatic carbocycles. The van der Waals surface area contributed by atoms with Gasteiger partial charge in [0.25, 0.3) is 0 Å². The number of allylic oxidation sites excluding steroid dienone is 3. The summed E-state index contributed by atoms with van der Waals surface area (Å²) in [5, 5.41) is 0. The Labute approximate surface area is 198 Å². The van der Waals surface area contributed by atoms with Gasteiger partial charge in [0.05, 0.1) is 17.5 Å². The number of Topliss-reactive ketones (excluding diaryl/α,β-unsaturated/α-hetero) is 1. The second-order valence-electron chi connectivity index (χ2n) is 9.17. The van der Waals surface area contributed by atoms with E-state index in [9.17, 15) is 14.4 Å². The zero-order chi connectivity index (χ0) is 23.4. The molecule has 2 aliphatic carbocycles. The number of carbonyl (C=O) groups is 3. The van der Waals surface area contributed by atoms with E-state index in [4.69, 9.17) is 0 Å². The largest absolute Gasteiger partial charge is 0.295 e. The molecule has 1 saturated heterocycles. The average Bonchev–Trinajstić information content (AvgIpc) is 3.50. The number of imide groups is 1. The number of hydrogen-bond acceptors (Lipinski definition) is 3. The standard InChI is InChI=1S/C30H23NO3/c1-18(32)21-13-8-14-22(17-21)31-29(33)27-23-15-16-24(28(27)30(31)34)26(23)25(19-9-4-2-5-10-19)20-11-6-3-7-12-20/h2-17,23-24,27-28H,1H3/t23-,24-,27+,28+/m0/s1. The molecule has 0 spiro atoms. The van der Waals surface area contributed by atoms with Crippen molar-refractivity contribution in [1.29, 1.82) is 0 Å². The Morgan fingerprint density at radius 2 is 1.18 bits per heavy atom. The summed E-state index contributed by atoms with van der Waals surface area (Å²) in [4.78, 5) is 40.5. The van der Waals surface area contributed by atoms with Gasteiger partial charge in [-0.05, 0) is 41.3 Å². The fourth-order valence-electron chi connectivity index (χ4n) is 5.92. The van der Waals surface area contributed by atoms with E-state index in [0.29, 0.717) is 11.3 Å². The number of fused-ring (bicyclic) bond motifs is 5. The maximum atomic E-state index is 13.7. The number of ketones is 1. The van der Waals surface area contributed by atoms with Crippen molar-refractivity contribution in [2.75, 3.05) is 4.90 Å². The number of anilines is 1. The third-order valence-electron chi connectivity index (χ3n) is 7.34.